The van der Waals surface area contributed by atoms with Gasteiger partial charge in [-0.3, -0.25) is 0 Å². The topological polar surface area (TPSA) is 45.2 Å². The maximum absolute atomic E-state index is 9.53. The Hall–Kier alpha value is -1.09. The first kappa shape index (κ1) is 8.51. The van der Waals surface area contributed by atoms with Crippen LogP contribution in [0.2, 0.25) is 0 Å². The zero-order chi connectivity index (χ0) is 9.10. The van der Waals surface area contributed by atoms with Gasteiger partial charge in [0.15, 0.2) is 0 Å². The summed E-state index contributed by atoms with van der Waals surface area (Å²) in [6.45, 7) is 2.08. The van der Waals surface area contributed by atoms with E-state index in [1.807, 2.05) is 12.1 Å². The van der Waals surface area contributed by atoms with E-state index in [1.165, 1.54) is 0 Å². The van der Waals surface area contributed by atoms with Crippen LogP contribution in [0.15, 0.2) is 18.3 Å². The molecule has 0 amide bonds. The molecule has 3 nitrogen and oxygen atoms in total. The molecule has 70 valence electrons. The maximum atomic E-state index is 9.53. The van der Waals surface area contributed by atoms with Crippen LogP contribution >= 0.6 is 0 Å². The van der Waals surface area contributed by atoms with Crippen LogP contribution in [-0.4, -0.2) is 23.2 Å². The minimum atomic E-state index is 0.203. The van der Waals surface area contributed by atoms with E-state index in [2.05, 4.69) is 10.3 Å². The third kappa shape index (κ3) is 1.80. The number of aromatic nitrogens is 1. The van der Waals surface area contributed by atoms with Crippen LogP contribution < -0.4 is 5.32 Å². The molecule has 0 bridgehead atoms. The average molecular weight is 178 g/mol. The molecule has 0 atom stereocenters. The van der Waals surface area contributed by atoms with Crippen molar-refractivity contribution in [1.29, 1.82) is 0 Å². The molecular formula is C10H14N2O. The Morgan fingerprint density at radius 3 is 2.85 bits per heavy atom. The number of rotatable bonds is 1. The molecule has 0 saturated carbocycles. The zero-order valence-electron chi connectivity index (χ0n) is 7.53. The van der Waals surface area contributed by atoms with Crippen molar-refractivity contribution in [2.45, 2.75) is 18.8 Å². The molecule has 3 heteroatoms. The molecule has 0 aliphatic carbocycles. The molecule has 13 heavy (non-hydrogen) atoms. The Labute approximate surface area is 77.8 Å². The van der Waals surface area contributed by atoms with Gasteiger partial charge < -0.3 is 10.4 Å². The minimum absolute atomic E-state index is 0.203. The van der Waals surface area contributed by atoms with E-state index in [0.29, 0.717) is 5.92 Å². The van der Waals surface area contributed by atoms with Crippen LogP contribution in [-0.2, 0) is 0 Å². The van der Waals surface area contributed by atoms with Crippen LogP contribution in [0.5, 0.6) is 5.88 Å². The molecule has 2 heterocycles. The van der Waals surface area contributed by atoms with Gasteiger partial charge in [0.2, 0.25) is 5.88 Å². The molecular weight excluding hydrogens is 164 g/mol. The molecule has 1 aromatic rings. The van der Waals surface area contributed by atoms with Gasteiger partial charge in [0.05, 0.1) is 0 Å². The van der Waals surface area contributed by atoms with Crippen molar-refractivity contribution >= 4 is 0 Å². The van der Waals surface area contributed by atoms with Crippen LogP contribution in [0.4, 0.5) is 0 Å². The van der Waals surface area contributed by atoms with Gasteiger partial charge in [0.25, 0.3) is 0 Å². The van der Waals surface area contributed by atoms with E-state index in [4.69, 9.17) is 0 Å². The Balaban J connectivity index is 2.18. The molecule has 1 aromatic heterocycles. The van der Waals surface area contributed by atoms with E-state index in [-0.39, 0.29) is 5.88 Å². The summed E-state index contributed by atoms with van der Waals surface area (Å²) in [7, 11) is 0. The fraction of sp³-hybridized carbons (Fsp3) is 0.500. The van der Waals surface area contributed by atoms with Gasteiger partial charge in [-0.15, -0.1) is 0 Å². The highest BCUT2D eigenvalue weighted by Crippen LogP contribution is 2.29. The summed E-state index contributed by atoms with van der Waals surface area (Å²) in [6, 6.07) is 3.86. The Kier molecular flexibility index (Phi) is 2.45. The lowest BCUT2D eigenvalue weighted by Crippen LogP contribution is -2.26. The van der Waals surface area contributed by atoms with Crippen molar-refractivity contribution in [2.24, 2.45) is 0 Å². The molecule has 1 aliphatic heterocycles. The minimum Gasteiger partial charge on any atom is -0.493 e. The smallest absolute Gasteiger partial charge is 0.214 e. The van der Waals surface area contributed by atoms with E-state index >= 15 is 0 Å². The standard InChI is InChI=1S/C10H14N2O/c13-10-9(2-1-5-12-10)8-3-6-11-7-4-8/h1-2,5,8,11H,3-4,6-7H2,(H,12,13). The molecule has 0 aromatic carbocycles. The Bertz CT molecular complexity index is 282. The van der Waals surface area contributed by atoms with Gasteiger partial charge in [-0.2, -0.15) is 0 Å². The number of piperidine rings is 1. The molecule has 1 fully saturated rings. The fourth-order valence-electron chi connectivity index (χ4n) is 1.86. The summed E-state index contributed by atoms with van der Waals surface area (Å²) >= 11 is 0. The van der Waals surface area contributed by atoms with Gasteiger partial charge in [-0.05, 0) is 37.9 Å². The largest absolute Gasteiger partial charge is 0.493 e. The number of nitrogens with zero attached hydrogens (tertiary/aromatic N) is 1. The summed E-state index contributed by atoms with van der Waals surface area (Å²) in [4.78, 5) is 3.89. The van der Waals surface area contributed by atoms with Crippen LogP contribution in [0.3, 0.4) is 0 Å². The highest BCUT2D eigenvalue weighted by molar-refractivity contribution is 5.28. The third-order valence-electron chi connectivity index (χ3n) is 2.60. The van der Waals surface area contributed by atoms with E-state index < -0.39 is 0 Å². The first-order valence-electron chi connectivity index (χ1n) is 4.72. The van der Waals surface area contributed by atoms with E-state index in [1.54, 1.807) is 6.20 Å². The van der Waals surface area contributed by atoms with Gasteiger partial charge in [-0.1, -0.05) is 6.07 Å². The van der Waals surface area contributed by atoms with Gasteiger partial charge in [0, 0.05) is 11.8 Å². The second-order valence-corrected chi connectivity index (χ2v) is 3.44. The van der Waals surface area contributed by atoms with Crippen molar-refractivity contribution in [3.8, 4) is 5.88 Å². The first-order chi connectivity index (χ1) is 6.38. The van der Waals surface area contributed by atoms with Crippen LogP contribution in [0.1, 0.15) is 24.3 Å². The van der Waals surface area contributed by atoms with E-state index in [9.17, 15) is 5.11 Å². The average Bonchev–Trinajstić information content (AvgIpc) is 2.20. The second-order valence-electron chi connectivity index (χ2n) is 3.44. The number of nitrogens with one attached hydrogen (secondary N) is 1. The zero-order valence-corrected chi connectivity index (χ0v) is 7.53. The summed E-state index contributed by atoms with van der Waals surface area (Å²) in [6.07, 6.45) is 3.82. The maximum Gasteiger partial charge on any atom is 0.214 e. The lowest BCUT2D eigenvalue weighted by molar-refractivity contribution is 0.411. The first-order valence-corrected chi connectivity index (χ1v) is 4.72. The quantitative estimate of drug-likeness (QED) is 0.680. The Morgan fingerprint density at radius 2 is 2.15 bits per heavy atom. The van der Waals surface area contributed by atoms with E-state index in [0.717, 1.165) is 31.5 Å². The lowest BCUT2D eigenvalue weighted by Gasteiger charge is -2.22. The second kappa shape index (κ2) is 3.75. The SMILES string of the molecule is Oc1ncccc1C1CCNCC1. The highest BCUT2D eigenvalue weighted by Gasteiger charge is 2.17. The number of hydrogen-bond donors (Lipinski definition) is 2. The predicted octanol–water partition coefficient (Wildman–Crippen LogP) is 1.25. The van der Waals surface area contributed by atoms with Crippen molar-refractivity contribution in [3.05, 3.63) is 23.9 Å². The third-order valence-corrected chi connectivity index (χ3v) is 2.60. The lowest BCUT2D eigenvalue weighted by atomic mass is 9.91. The molecule has 0 radical (unpaired) electrons. The Morgan fingerprint density at radius 1 is 1.38 bits per heavy atom. The summed E-state index contributed by atoms with van der Waals surface area (Å²) in [5.74, 6) is 0.685. The molecule has 0 spiro atoms. The summed E-state index contributed by atoms with van der Waals surface area (Å²) in [5, 5.41) is 12.8. The highest BCUT2D eigenvalue weighted by atomic mass is 16.3. The van der Waals surface area contributed by atoms with Crippen molar-refractivity contribution in [2.75, 3.05) is 13.1 Å². The number of hydrogen-bond acceptors (Lipinski definition) is 3. The fourth-order valence-corrected chi connectivity index (χ4v) is 1.86. The number of pyridine rings is 1. The van der Waals surface area contributed by atoms with Crippen molar-refractivity contribution in [3.63, 3.8) is 0 Å². The van der Waals surface area contributed by atoms with Crippen LogP contribution in [0.25, 0.3) is 0 Å². The monoisotopic (exact) mass is 178 g/mol. The molecule has 1 aliphatic rings. The van der Waals surface area contributed by atoms with Crippen molar-refractivity contribution in [1.82, 2.24) is 10.3 Å². The van der Waals surface area contributed by atoms with Gasteiger partial charge >= 0.3 is 0 Å². The van der Waals surface area contributed by atoms with Gasteiger partial charge in [-0.25, -0.2) is 4.98 Å². The number of aromatic hydroxyl groups is 1. The normalized spacial score (nSPS) is 18.8. The predicted molar refractivity (Wildman–Crippen MR) is 50.7 cm³/mol. The summed E-state index contributed by atoms with van der Waals surface area (Å²) in [5.41, 5.74) is 1.00. The molecule has 0 unspecified atom stereocenters. The van der Waals surface area contributed by atoms with Crippen LogP contribution in [0, 0.1) is 0 Å². The molecule has 1 saturated heterocycles. The van der Waals surface area contributed by atoms with Gasteiger partial charge in [0.1, 0.15) is 0 Å². The summed E-state index contributed by atoms with van der Waals surface area (Å²) < 4.78 is 0. The molecule has 2 rings (SSSR count). The van der Waals surface area contributed by atoms with Crippen molar-refractivity contribution < 1.29 is 5.11 Å². The molecule has 2 N–H and O–H groups in total.